The second kappa shape index (κ2) is 5.48. The van der Waals surface area contributed by atoms with Gasteiger partial charge >= 0.3 is 0 Å². The Balaban J connectivity index is 3.39. The van der Waals surface area contributed by atoms with Crippen molar-refractivity contribution in [3.05, 3.63) is 23.8 Å². The van der Waals surface area contributed by atoms with Gasteiger partial charge in [0.1, 0.15) is 0 Å². The number of benzene rings is 1. The van der Waals surface area contributed by atoms with Gasteiger partial charge in [0.15, 0.2) is 0 Å². The van der Waals surface area contributed by atoms with Crippen molar-refractivity contribution >= 4 is 15.7 Å². The molecule has 0 aromatic heterocycles. The van der Waals surface area contributed by atoms with Crippen molar-refractivity contribution in [1.82, 2.24) is 4.31 Å². The summed E-state index contributed by atoms with van der Waals surface area (Å²) in [5, 5.41) is 9.32. The van der Waals surface area contributed by atoms with Gasteiger partial charge in [0.25, 0.3) is 0 Å². The number of nitrogens with zero attached hydrogens (tertiary/aromatic N) is 1. The van der Waals surface area contributed by atoms with Crippen LogP contribution in [0.25, 0.3) is 0 Å². The zero-order chi connectivity index (χ0) is 14.8. The molecular weight excluding hydrogens is 264 g/mol. The fourth-order valence-electron chi connectivity index (χ4n) is 1.68. The van der Waals surface area contributed by atoms with Gasteiger partial charge in [0.2, 0.25) is 10.0 Å². The molecule has 0 saturated carbocycles. The number of aliphatic hydroxyl groups is 1. The van der Waals surface area contributed by atoms with Gasteiger partial charge < -0.3 is 10.8 Å². The Hall–Kier alpha value is -1.11. The zero-order valence-corrected chi connectivity index (χ0v) is 12.7. The predicted octanol–water partition coefficient (Wildman–Crippen LogP) is 1.22. The molecule has 108 valence electrons. The van der Waals surface area contributed by atoms with Gasteiger partial charge in [-0.25, -0.2) is 8.42 Å². The largest absolute Gasteiger partial charge is 0.399 e. The Kier molecular flexibility index (Phi) is 4.60. The third-order valence-corrected chi connectivity index (χ3v) is 5.50. The average Bonchev–Trinajstić information content (AvgIpc) is 2.37. The highest BCUT2D eigenvalue weighted by Crippen LogP contribution is 2.27. The van der Waals surface area contributed by atoms with Gasteiger partial charge in [-0.05, 0) is 38.0 Å². The SMILES string of the molecule is CCc1ccc(N)cc1S(=O)(=O)N(C)C(C)(C)CO. The van der Waals surface area contributed by atoms with E-state index in [1.165, 1.54) is 17.4 Å². The van der Waals surface area contributed by atoms with Crippen molar-refractivity contribution in [2.75, 3.05) is 19.4 Å². The van der Waals surface area contributed by atoms with Crippen LogP contribution in [0.2, 0.25) is 0 Å². The zero-order valence-electron chi connectivity index (χ0n) is 11.8. The second-order valence-electron chi connectivity index (χ2n) is 5.16. The summed E-state index contributed by atoms with van der Waals surface area (Å²) in [6.45, 7) is 4.97. The van der Waals surface area contributed by atoms with E-state index < -0.39 is 15.6 Å². The highest BCUT2D eigenvalue weighted by molar-refractivity contribution is 7.89. The standard InChI is InChI=1S/C13H22N2O3S/c1-5-10-6-7-11(14)8-12(10)19(17,18)15(4)13(2,3)9-16/h6-8,16H,5,9,14H2,1-4H3. The van der Waals surface area contributed by atoms with Crippen molar-refractivity contribution in [2.45, 2.75) is 37.6 Å². The molecule has 0 atom stereocenters. The third kappa shape index (κ3) is 3.08. The van der Waals surface area contributed by atoms with Crippen molar-refractivity contribution in [1.29, 1.82) is 0 Å². The van der Waals surface area contributed by atoms with Gasteiger partial charge in [-0.1, -0.05) is 13.0 Å². The number of nitrogen functional groups attached to an aromatic ring is 1. The van der Waals surface area contributed by atoms with E-state index in [1.807, 2.05) is 6.92 Å². The first-order valence-corrected chi connectivity index (χ1v) is 7.59. The summed E-state index contributed by atoms with van der Waals surface area (Å²) in [5.41, 5.74) is 5.95. The summed E-state index contributed by atoms with van der Waals surface area (Å²) >= 11 is 0. The molecule has 0 spiro atoms. The smallest absolute Gasteiger partial charge is 0.243 e. The Morgan fingerprint density at radius 1 is 1.37 bits per heavy atom. The lowest BCUT2D eigenvalue weighted by molar-refractivity contribution is 0.138. The van der Waals surface area contributed by atoms with E-state index in [0.717, 1.165) is 5.56 Å². The van der Waals surface area contributed by atoms with Crippen LogP contribution in [-0.4, -0.2) is 37.0 Å². The van der Waals surface area contributed by atoms with Crippen LogP contribution in [0, 0.1) is 0 Å². The summed E-state index contributed by atoms with van der Waals surface area (Å²) in [6.07, 6.45) is 0.599. The fraction of sp³-hybridized carbons (Fsp3) is 0.538. The Labute approximate surface area is 115 Å². The molecule has 0 aliphatic rings. The van der Waals surface area contributed by atoms with Crippen LogP contribution in [0.3, 0.4) is 0 Å². The number of aliphatic hydroxyl groups excluding tert-OH is 1. The second-order valence-corrected chi connectivity index (χ2v) is 7.10. The predicted molar refractivity (Wildman–Crippen MR) is 76.3 cm³/mol. The number of rotatable bonds is 5. The minimum Gasteiger partial charge on any atom is -0.399 e. The lowest BCUT2D eigenvalue weighted by Gasteiger charge is -2.33. The van der Waals surface area contributed by atoms with Gasteiger partial charge in [-0.15, -0.1) is 0 Å². The van der Waals surface area contributed by atoms with Gasteiger partial charge in [0.05, 0.1) is 17.0 Å². The maximum Gasteiger partial charge on any atom is 0.243 e. The Morgan fingerprint density at radius 2 is 1.95 bits per heavy atom. The number of nitrogens with two attached hydrogens (primary N) is 1. The number of anilines is 1. The van der Waals surface area contributed by atoms with Crippen LogP contribution in [0.1, 0.15) is 26.3 Å². The van der Waals surface area contributed by atoms with E-state index >= 15 is 0 Å². The molecule has 19 heavy (non-hydrogen) atoms. The van der Waals surface area contributed by atoms with E-state index in [0.29, 0.717) is 12.1 Å². The van der Waals surface area contributed by atoms with Crippen molar-refractivity contribution in [3.63, 3.8) is 0 Å². The fourth-order valence-corrected chi connectivity index (χ4v) is 3.51. The number of sulfonamides is 1. The molecule has 1 aromatic rings. The molecule has 5 nitrogen and oxygen atoms in total. The maximum absolute atomic E-state index is 12.6. The van der Waals surface area contributed by atoms with Crippen LogP contribution in [0.4, 0.5) is 5.69 Å². The van der Waals surface area contributed by atoms with Crippen LogP contribution >= 0.6 is 0 Å². The number of hydrogen-bond donors (Lipinski definition) is 2. The van der Waals surface area contributed by atoms with Crippen LogP contribution in [0.5, 0.6) is 0 Å². The van der Waals surface area contributed by atoms with Crippen molar-refractivity contribution in [3.8, 4) is 0 Å². The molecule has 0 fully saturated rings. The molecule has 3 N–H and O–H groups in total. The first kappa shape index (κ1) is 15.9. The average molecular weight is 286 g/mol. The maximum atomic E-state index is 12.6. The number of hydrogen-bond acceptors (Lipinski definition) is 4. The molecule has 0 radical (unpaired) electrons. The van der Waals surface area contributed by atoms with Crippen LogP contribution in [0.15, 0.2) is 23.1 Å². The summed E-state index contributed by atoms with van der Waals surface area (Å²) in [4.78, 5) is 0.207. The summed E-state index contributed by atoms with van der Waals surface area (Å²) in [5.74, 6) is 0. The molecule has 0 aliphatic heterocycles. The molecule has 1 rings (SSSR count). The van der Waals surface area contributed by atoms with E-state index in [9.17, 15) is 13.5 Å². The molecule has 6 heteroatoms. The molecule has 0 bridgehead atoms. The topological polar surface area (TPSA) is 83.6 Å². The molecule has 0 saturated heterocycles. The minimum absolute atomic E-state index is 0.207. The van der Waals surface area contributed by atoms with Crippen LogP contribution < -0.4 is 5.73 Å². The summed E-state index contributed by atoms with van der Waals surface area (Å²) in [7, 11) is -2.21. The molecule has 1 aromatic carbocycles. The summed E-state index contributed by atoms with van der Waals surface area (Å²) < 4.78 is 26.4. The van der Waals surface area contributed by atoms with E-state index in [1.54, 1.807) is 26.0 Å². The highest BCUT2D eigenvalue weighted by atomic mass is 32.2. The van der Waals surface area contributed by atoms with Crippen molar-refractivity contribution < 1.29 is 13.5 Å². The lowest BCUT2D eigenvalue weighted by Crippen LogP contribution is -2.47. The molecular formula is C13H22N2O3S. The third-order valence-electron chi connectivity index (χ3n) is 3.35. The minimum atomic E-state index is -3.68. The van der Waals surface area contributed by atoms with E-state index in [4.69, 9.17) is 5.73 Å². The van der Waals surface area contributed by atoms with E-state index in [-0.39, 0.29) is 11.5 Å². The first-order valence-electron chi connectivity index (χ1n) is 6.15. The normalized spacial score (nSPS) is 12.9. The first-order chi connectivity index (χ1) is 8.66. The quantitative estimate of drug-likeness (QED) is 0.797. The monoisotopic (exact) mass is 286 g/mol. The molecule has 0 unspecified atom stereocenters. The van der Waals surface area contributed by atoms with Gasteiger partial charge in [0, 0.05) is 12.7 Å². The number of aryl methyl sites for hydroxylation is 1. The number of likely N-dealkylation sites (N-methyl/N-ethyl adjacent to an activating group) is 1. The van der Waals surface area contributed by atoms with Crippen LogP contribution in [-0.2, 0) is 16.4 Å². The molecule has 0 aliphatic carbocycles. The van der Waals surface area contributed by atoms with Crippen molar-refractivity contribution in [2.24, 2.45) is 0 Å². The molecule has 0 heterocycles. The Morgan fingerprint density at radius 3 is 2.42 bits per heavy atom. The van der Waals surface area contributed by atoms with Gasteiger partial charge in [-0.2, -0.15) is 4.31 Å². The lowest BCUT2D eigenvalue weighted by atomic mass is 10.1. The van der Waals surface area contributed by atoms with Gasteiger partial charge in [-0.3, -0.25) is 0 Å². The van der Waals surface area contributed by atoms with E-state index in [2.05, 4.69) is 0 Å². The summed E-state index contributed by atoms with van der Waals surface area (Å²) in [6, 6.07) is 4.88. The molecule has 0 amide bonds. The highest BCUT2D eigenvalue weighted by Gasteiger charge is 2.34. The Bertz CT molecular complexity index is 553.